The Morgan fingerprint density at radius 1 is 0.370 bits per heavy atom. The Bertz CT molecular complexity index is 4610. The van der Waals surface area contributed by atoms with Gasteiger partial charge in [-0.1, -0.05) is 0 Å². The zero-order valence-electron chi connectivity index (χ0n) is 53.7. The second-order valence-corrected chi connectivity index (χ2v) is 31.8. The van der Waals surface area contributed by atoms with Crippen molar-refractivity contribution < 1.29 is 103 Å². The standard InChI is InChI=1S/C59H70Br2N10O23S6/c1-37-27-51(55(92-18-8-24-98(80,81)82)33-47(37)68-70-53-29-39(3)49(35-57(53)91-15-5-21-95-73)66-64-45-13-11-41(31-43(45)60)89-16-6-22-96(74,75)76)62-59(72)63-52-28-38(2)48(34-56(52)93-19-9-25-99(83,84)85)69-71-54-30-40(4)50(36-58(54)94-20-10-26-100(86,87)88)67-65-46-14-12-42(32-44(46)61)90-17-7-23-97(77,78)79/h11-14,27-36,73H,5-10,15-26H2,1-4H3,(H2,62,63,72)(H,74,75,76)(H,77,78,79)(H,80,81,82)(H,83,84,85)(H,86,87,88). The first-order valence-electron chi connectivity index (χ1n) is 29.7. The molecule has 8 N–H and O–H groups in total. The van der Waals surface area contributed by atoms with E-state index in [-0.39, 0.29) is 135 Å². The normalized spacial score (nSPS) is 12.4. The number of ether oxygens (including phenoxy) is 6. The number of carbonyl (C=O) groups excluding carboxylic acids is 1. The highest BCUT2D eigenvalue weighted by atomic mass is 79.9. The first kappa shape index (κ1) is 81.6. The van der Waals surface area contributed by atoms with Crippen LogP contribution in [0.3, 0.4) is 0 Å². The molecule has 0 saturated heterocycles. The van der Waals surface area contributed by atoms with E-state index in [1.54, 1.807) is 82.3 Å². The number of nitrogens with zero attached hydrogens (tertiary/aromatic N) is 8. The highest BCUT2D eigenvalue weighted by molar-refractivity contribution is 9.11. The van der Waals surface area contributed by atoms with E-state index in [1.807, 2.05) is 0 Å². The minimum Gasteiger partial charge on any atom is -0.494 e. The summed E-state index contributed by atoms with van der Waals surface area (Å²) in [6.07, 6.45) is 0.0265. The van der Waals surface area contributed by atoms with E-state index < -0.39 is 85.4 Å². The largest absolute Gasteiger partial charge is 0.494 e. The van der Waals surface area contributed by atoms with Gasteiger partial charge in [-0.3, -0.25) is 22.8 Å². The summed E-state index contributed by atoms with van der Waals surface area (Å²) in [4.78, 5) is 14.1. The monoisotopic (exact) mass is 1640 g/mol. The zero-order valence-corrected chi connectivity index (χ0v) is 61.8. The van der Waals surface area contributed by atoms with E-state index in [0.29, 0.717) is 84.0 Å². The fourth-order valence-electron chi connectivity index (χ4n) is 8.39. The molecule has 41 heteroatoms. The van der Waals surface area contributed by atoms with Gasteiger partial charge in [-0.15, -0.1) is 20.5 Å². The number of hydrogen-bond acceptors (Lipinski definition) is 27. The van der Waals surface area contributed by atoms with Gasteiger partial charge in [-0.05, 0) is 193 Å². The van der Waals surface area contributed by atoms with Gasteiger partial charge >= 0.3 is 6.03 Å². The van der Waals surface area contributed by atoms with Gasteiger partial charge in [0, 0.05) is 39.0 Å². The Labute approximate surface area is 598 Å². The maximum absolute atomic E-state index is 14.1. The van der Waals surface area contributed by atoms with Crippen molar-refractivity contribution in [3.8, 4) is 34.5 Å². The number of nitrogens with one attached hydrogen (secondary N) is 2. The summed E-state index contributed by atoms with van der Waals surface area (Å²) in [5, 5.41) is 40.8. The molecule has 0 unspecified atom stereocenters. The molecule has 0 spiro atoms. The van der Waals surface area contributed by atoms with Crippen molar-refractivity contribution in [3.05, 3.63) is 116 Å². The number of halogens is 2. The third kappa shape index (κ3) is 29.7. The summed E-state index contributed by atoms with van der Waals surface area (Å²) in [7, 11) is -21.5. The molecule has 2 amide bonds. The molecule has 6 aromatic rings. The number of benzene rings is 6. The first-order valence-corrected chi connectivity index (χ1v) is 40.3. The number of hydrogen-bond donors (Lipinski definition) is 8. The Morgan fingerprint density at radius 2 is 0.640 bits per heavy atom. The highest BCUT2D eigenvalue weighted by Gasteiger charge is 2.20. The number of urea groups is 1. The molecule has 33 nitrogen and oxygen atoms in total. The van der Waals surface area contributed by atoms with Crippen LogP contribution in [0.4, 0.5) is 61.7 Å². The SMILES string of the molecule is Cc1cc(N=Nc2cc(OCCCS(=O)(=O)O)c(NC(=O)Nc3cc(C)c(N=Nc4cc(C)c(N=Nc5ccc(OCCCS(=O)(=O)O)cc5Br)cc4OCCCS(=O)(=O)O)cc3OCCCS(=O)(=O)O)cc2C)c(OCCCSO)cc1N=Nc1ccc(OCCCS(=O)(=O)O)cc1Br. The minimum absolute atomic E-state index is 0.00127. The molecular formula is C59H70Br2N10O23S6. The van der Waals surface area contributed by atoms with Crippen LogP contribution in [0.2, 0.25) is 0 Å². The lowest BCUT2D eigenvalue weighted by Crippen LogP contribution is -2.21. The molecule has 0 aliphatic rings. The Kier molecular flexibility index (Phi) is 31.0. The fourth-order valence-corrected chi connectivity index (χ4v) is 11.9. The lowest BCUT2D eigenvalue weighted by molar-refractivity contribution is 0.261. The van der Waals surface area contributed by atoms with Crippen LogP contribution in [0, 0.1) is 27.7 Å². The van der Waals surface area contributed by atoms with Crippen molar-refractivity contribution in [2.75, 3.05) is 84.8 Å². The number of azo groups is 4. The smallest absolute Gasteiger partial charge is 0.323 e. The van der Waals surface area contributed by atoms with Crippen molar-refractivity contribution in [1.82, 2.24) is 0 Å². The summed E-state index contributed by atoms with van der Waals surface area (Å²) in [5.74, 6) is -1.56. The predicted molar refractivity (Wildman–Crippen MR) is 380 cm³/mol. The molecule has 544 valence electrons. The zero-order chi connectivity index (χ0) is 73.4. The summed E-state index contributed by atoms with van der Waals surface area (Å²) in [5.41, 5.74) is 4.13. The number of aryl methyl sites for hydroxylation is 4. The van der Waals surface area contributed by atoms with Crippen LogP contribution in [0.5, 0.6) is 34.5 Å². The second kappa shape index (κ2) is 38.0. The quantitative estimate of drug-likeness (QED) is 0.00766. The summed E-state index contributed by atoms with van der Waals surface area (Å²) in [6.45, 7) is 6.07. The third-order valence-corrected chi connectivity index (χ3v) is 19.0. The number of anilines is 2. The molecule has 0 bridgehead atoms. The first-order chi connectivity index (χ1) is 47.0. The van der Waals surface area contributed by atoms with Crippen LogP contribution in [0.15, 0.2) is 135 Å². The van der Waals surface area contributed by atoms with Crippen molar-refractivity contribution in [2.45, 2.75) is 66.2 Å². The van der Waals surface area contributed by atoms with Crippen LogP contribution in [-0.4, -0.2) is 150 Å². The molecule has 0 aromatic heterocycles. The summed E-state index contributed by atoms with van der Waals surface area (Å²) in [6, 6.07) is 20.7. The van der Waals surface area contributed by atoms with Crippen LogP contribution in [-0.2, 0) is 50.6 Å². The van der Waals surface area contributed by atoms with E-state index in [4.69, 9.17) is 37.5 Å². The van der Waals surface area contributed by atoms with Gasteiger partial charge in [-0.2, -0.15) is 62.5 Å². The molecule has 6 aromatic carbocycles. The van der Waals surface area contributed by atoms with E-state index in [0.717, 1.165) is 0 Å². The maximum Gasteiger partial charge on any atom is 0.323 e. The van der Waals surface area contributed by atoms with Crippen LogP contribution in [0.25, 0.3) is 0 Å². The molecule has 100 heavy (non-hydrogen) atoms. The van der Waals surface area contributed by atoms with Crippen molar-refractivity contribution in [2.24, 2.45) is 40.9 Å². The van der Waals surface area contributed by atoms with Gasteiger partial charge in [0.05, 0.1) is 103 Å². The molecule has 0 atom stereocenters. The van der Waals surface area contributed by atoms with Crippen LogP contribution >= 0.6 is 43.9 Å². The maximum atomic E-state index is 14.1. The van der Waals surface area contributed by atoms with Crippen LogP contribution < -0.4 is 39.1 Å². The molecule has 0 radical (unpaired) electrons. The van der Waals surface area contributed by atoms with Gasteiger partial charge < -0.3 is 43.6 Å². The van der Waals surface area contributed by atoms with Crippen LogP contribution in [0.1, 0.15) is 60.8 Å². The molecule has 6 rings (SSSR count). The molecule has 0 saturated carbocycles. The molecule has 0 fully saturated rings. The fraction of sp³-hybridized carbons (Fsp3) is 0.373. The predicted octanol–water partition coefficient (Wildman–Crippen LogP) is 15.0. The van der Waals surface area contributed by atoms with Gasteiger partial charge in [0.1, 0.15) is 57.2 Å². The van der Waals surface area contributed by atoms with Gasteiger partial charge in [0.2, 0.25) is 0 Å². The van der Waals surface area contributed by atoms with Gasteiger partial charge in [0.25, 0.3) is 50.6 Å². The van der Waals surface area contributed by atoms with Crippen molar-refractivity contribution in [1.29, 1.82) is 0 Å². The summed E-state index contributed by atoms with van der Waals surface area (Å²) >= 11 is 7.51. The second-order valence-electron chi connectivity index (χ2n) is 21.6. The number of carbonyl (C=O) groups is 1. The minimum atomic E-state index is -4.42. The number of amides is 2. The van der Waals surface area contributed by atoms with E-state index in [9.17, 15) is 65.1 Å². The lowest BCUT2D eigenvalue weighted by Gasteiger charge is -2.17. The molecule has 0 aliphatic carbocycles. The van der Waals surface area contributed by atoms with Gasteiger partial charge in [-0.25, -0.2) is 4.79 Å². The van der Waals surface area contributed by atoms with Crippen molar-refractivity contribution in [3.63, 3.8) is 0 Å². The Morgan fingerprint density at radius 3 is 0.950 bits per heavy atom. The molecule has 0 aliphatic heterocycles. The molecular weight excluding hydrogens is 1570 g/mol. The van der Waals surface area contributed by atoms with Gasteiger partial charge in [0.15, 0.2) is 0 Å². The Hall–Kier alpha value is -7.39. The molecule has 0 heterocycles. The van der Waals surface area contributed by atoms with E-state index in [1.165, 1.54) is 30.3 Å². The summed E-state index contributed by atoms with van der Waals surface area (Å²) < 4.78 is 206. The average Bonchev–Trinajstić information content (AvgIpc) is 0.821. The highest BCUT2D eigenvalue weighted by Crippen LogP contribution is 2.43. The average molecular weight is 1640 g/mol. The number of rotatable bonds is 40. The van der Waals surface area contributed by atoms with E-state index in [2.05, 4.69) is 83.4 Å². The van der Waals surface area contributed by atoms with E-state index >= 15 is 0 Å². The lowest BCUT2D eigenvalue weighted by atomic mass is 10.1. The third-order valence-electron chi connectivity index (χ3n) is 13.2. The van der Waals surface area contributed by atoms with Crippen molar-refractivity contribution >= 4 is 157 Å². The Balaban J connectivity index is 1.29. The topological polar surface area (TPSA) is 487 Å².